The highest BCUT2D eigenvalue weighted by Gasteiger charge is 2.12. The first-order valence-corrected chi connectivity index (χ1v) is 11.9. The molecule has 0 saturated heterocycles. The topological polar surface area (TPSA) is 89.0 Å². The van der Waals surface area contributed by atoms with E-state index < -0.39 is 9.84 Å². The van der Waals surface area contributed by atoms with Crippen LogP contribution in [0.3, 0.4) is 0 Å². The molecule has 2 aromatic rings. The molecule has 0 aromatic heterocycles. The van der Waals surface area contributed by atoms with Crippen LogP contribution in [0, 0.1) is 0 Å². The van der Waals surface area contributed by atoms with Crippen LogP contribution < -0.4 is 20.1 Å². The lowest BCUT2D eigenvalue weighted by atomic mass is 10.2. The summed E-state index contributed by atoms with van der Waals surface area (Å²) in [4.78, 5) is 4.49. The van der Waals surface area contributed by atoms with E-state index in [0.717, 1.165) is 11.3 Å². The Kier molecular flexibility index (Phi) is 9.47. The first-order chi connectivity index (χ1) is 14.5. The number of rotatable bonds is 11. The fraction of sp³-hybridized carbons (Fsp3) is 0.409. The lowest BCUT2D eigenvalue weighted by Gasteiger charge is -2.14. The van der Waals surface area contributed by atoms with Crippen LogP contribution in [-0.2, 0) is 15.6 Å². The second kappa shape index (κ2) is 12.1. The summed E-state index contributed by atoms with van der Waals surface area (Å²) in [6.07, 6.45) is 0.457. The van der Waals surface area contributed by atoms with Crippen LogP contribution in [-0.4, -0.2) is 46.9 Å². The molecule has 7 nitrogen and oxygen atoms in total. The molecule has 8 heteroatoms. The van der Waals surface area contributed by atoms with Crippen LogP contribution in [0.2, 0.25) is 0 Å². The minimum absolute atomic E-state index is 0.0574. The van der Waals surface area contributed by atoms with Gasteiger partial charge in [-0.2, -0.15) is 0 Å². The molecule has 0 bridgehead atoms. The van der Waals surface area contributed by atoms with Gasteiger partial charge in [-0.1, -0.05) is 30.3 Å². The Hall–Kier alpha value is -2.74. The van der Waals surface area contributed by atoms with Gasteiger partial charge in [-0.15, -0.1) is 0 Å². The molecule has 0 aliphatic carbocycles. The zero-order valence-electron chi connectivity index (χ0n) is 17.8. The normalized spacial score (nSPS) is 11.8. The van der Waals surface area contributed by atoms with Crippen molar-refractivity contribution in [3.8, 4) is 11.5 Å². The minimum Gasteiger partial charge on any atom is -0.493 e. The summed E-state index contributed by atoms with van der Waals surface area (Å²) in [5.41, 5.74) is 1.60. The van der Waals surface area contributed by atoms with Gasteiger partial charge >= 0.3 is 0 Å². The molecule has 0 aliphatic rings. The summed E-state index contributed by atoms with van der Waals surface area (Å²) < 4.78 is 35.5. The number of ether oxygens (including phenoxy) is 2. The zero-order valence-corrected chi connectivity index (χ0v) is 18.7. The maximum absolute atomic E-state index is 12.3. The van der Waals surface area contributed by atoms with Crippen molar-refractivity contribution in [2.45, 2.75) is 26.0 Å². The highest BCUT2D eigenvalue weighted by Crippen LogP contribution is 2.30. The number of methoxy groups -OCH3 is 1. The van der Waals surface area contributed by atoms with Gasteiger partial charge in [-0.3, -0.25) is 4.99 Å². The number of aliphatic imine (C=N–C) groups is 1. The van der Waals surface area contributed by atoms with Gasteiger partial charge in [-0.25, -0.2) is 8.42 Å². The third-order valence-corrected chi connectivity index (χ3v) is 5.87. The smallest absolute Gasteiger partial charge is 0.195 e. The predicted molar refractivity (Wildman–Crippen MR) is 122 cm³/mol. The van der Waals surface area contributed by atoms with Gasteiger partial charge in [0.25, 0.3) is 0 Å². The van der Waals surface area contributed by atoms with Gasteiger partial charge in [0.1, 0.15) is 0 Å². The van der Waals surface area contributed by atoms with E-state index in [1.165, 1.54) is 0 Å². The Morgan fingerprint density at radius 1 is 1.07 bits per heavy atom. The van der Waals surface area contributed by atoms with E-state index >= 15 is 0 Å². The lowest BCUT2D eigenvalue weighted by Crippen LogP contribution is -2.31. The number of hydrogen-bond acceptors (Lipinski definition) is 5. The number of benzene rings is 2. The van der Waals surface area contributed by atoms with Gasteiger partial charge in [0.15, 0.2) is 27.3 Å². The Bertz CT molecular complexity index is 915. The van der Waals surface area contributed by atoms with Gasteiger partial charge in [-0.05, 0) is 38.0 Å². The van der Waals surface area contributed by atoms with Crippen molar-refractivity contribution in [3.05, 3.63) is 54.1 Å². The molecule has 2 aromatic carbocycles. The van der Waals surface area contributed by atoms with Crippen molar-refractivity contribution >= 4 is 21.5 Å². The van der Waals surface area contributed by atoms with E-state index in [0.29, 0.717) is 43.6 Å². The number of hydrogen-bond donors (Lipinski definition) is 2. The number of nitrogens with one attached hydrogen (secondary N) is 2. The molecule has 0 unspecified atom stereocenters. The fourth-order valence-corrected chi connectivity index (χ4v) is 4.25. The summed E-state index contributed by atoms with van der Waals surface area (Å²) >= 11 is 0. The number of sulfone groups is 1. The Balaban J connectivity index is 1.94. The van der Waals surface area contributed by atoms with Crippen LogP contribution in [0.15, 0.2) is 53.5 Å². The third-order valence-electron chi connectivity index (χ3n) is 4.18. The predicted octanol–water partition coefficient (Wildman–Crippen LogP) is 3.48. The number of anilines is 1. The summed E-state index contributed by atoms with van der Waals surface area (Å²) in [5.74, 6) is 2.05. The van der Waals surface area contributed by atoms with Crippen LogP contribution in [0.1, 0.15) is 25.8 Å². The lowest BCUT2D eigenvalue weighted by molar-refractivity contribution is 0.311. The third kappa shape index (κ3) is 7.94. The highest BCUT2D eigenvalue weighted by atomic mass is 32.2. The summed E-state index contributed by atoms with van der Waals surface area (Å²) in [7, 11) is -1.57. The van der Waals surface area contributed by atoms with Gasteiger partial charge in [0.05, 0.1) is 25.2 Å². The number of guanidine groups is 1. The van der Waals surface area contributed by atoms with Gasteiger partial charge < -0.3 is 20.1 Å². The second-order valence-corrected chi connectivity index (χ2v) is 8.80. The minimum atomic E-state index is -3.16. The van der Waals surface area contributed by atoms with Crippen molar-refractivity contribution < 1.29 is 17.9 Å². The average molecular weight is 434 g/mol. The zero-order chi connectivity index (χ0) is 21.8. The molecule has 30 heavy (non-hydrogen) atoms. The van der Waals surface area contributed by atoms with Crippen LogP contribution >= 0.6 is 0 Å². The van der Waals surface area contributed by atoms with E-state index in [1.54, 1.807) is 7.11 Å². The van der Waals surface area contributed by atoms with Crippen LogP contribution in [0.4, 0.5) is 5.69 Å². The standard InChI is InChI=1S/C22H31N3O4S/c1-4-23-22(25-19-12-13-20(29-5-2)21(16-19)28-3)24-14-9-15-30(26,27)17-18-10-7-6-8-11-18/h6-8,10-13,16H,4-5,9,14-15,17H2,1-3H3,(H2,23,24,25). The number of nitrogens with zero attached hydrogens (tertiary/aromatic N) is 1. The Morgan fingerprint density at radius 3 is 2.50 bits per heavy atom. The maximum atomic E-state index is 12.3. The molecule has 2 rings (SSSR count). The van der Waals surface area contributed by atoms with Crippen molar-refractivity contribution in [2.24, 2.45) is 4.99 Å². The molecular formula is C22H31N3O4S. The molecule has 0 saturated carbocycles. The first-order valence-electron chi connectivity index (χ1n) is 10.1. The molecule has 164 valence electrons. The summed E-state index contributed by atoms with van der Waals surface area (Å²) in [6.45, 7) is 5.53. The van der Waals surface area contributed by atoms with Crippen molar-refractivity contribution in [3.63, 3.8) is 0 Å². The Morgan fingerprint density at radius 2 is 1.83 bits per heavy atom. The second-order valence-electron chi connectivity index (χ2n) is 6.62. The van der Waals surface area contributed by atoms with Crippen LogP contribution in [0.25, 0.3) is 0 Å². The summed E-state index contributed by atoms with van der Waals surface area (Å²) in [6, 6.07) is 14.8. The quantitative estimate of drug-likeness (QED) is 0.320. The highest BCUT2D eigenvalue weighted by molar-refractivity contribution is 7.90. The molecular weight excluding hydrogens is 402 g/mol. The van der Waals surface area contributed by atoms with E-state index in [9.17, 15) is 8.42 Å². The molecule has 0 atom stereocenters. The molecule has 0 radical (unpaired) electrons. The maximum Gasteiger partial charge on any atom is 0.195 e. The van der Waals surface area contributed by atoms with Crippen molar-refractivity contribution in [2.75, 3.05) is 37.9 Å². The van der Waals surface area contributed by atoms with Crippen molar-refractivity contribution in [1.29, 1.82) is 0 Å². The van der Waals surface area contributed by atoms with Gasteiger partial charge in [0, 0.05) is 24.8 Å². The Labute approximate surface area is 179 Å². The molecule has 0 heterocycles. The molecule has 0 fully saturated rings. The largest absolute Gasteiger partial charge is 0.493 e. The summed E-state index contributed by atoms with van der Waals surface area (Å²) in [5, 5.41) is 6.38. The molecule has 2 N–H and O–H groups in total. The van der Waals surface area contributed by atoms with Crippen LogP contribution in [0.5, 0.6) is 11.5 Å². The molecule has 0 aliphatic heterocycles. The SMILES string of the molecule is CCNC(=NCCCS(=O)(=O)Cc1ccccc1)Nc1ccc(OCC)c(OC)c1. The van der Waals surface area contributed by atoms with Gasteiger partial charge in [0.2, 0.25) is 0 Å². The molecule has 0 spiro atoms. The monoisotopic (exact) mass is 433 g/mol. The first kappa shape index (κ1) is 23.5. The fourth-order valence-electron chi connectivity index (χ4n) is 2.84. The molecule has 0 amide bonds. The average Bonchev–Trinajstić information content (AvgIpc) is 2.73. The van der Waals surface area contributed by atoms with E-state index in [1.807, 2.05) is 62.4 Å². The van der Waals surface area contributed by atoms with E-state index in [4.69, 9.17) is 9.47 Å². The van der Waals surface area contributed by atoms with E-state index in [-0.39, 0.29) is 11.5 Å². The van der Waals surface area contributed by atoms with Crippen molar-refractivity contribution in [1.82, 2.24) is 5.32 Å². The van der Waals surface area contributed by atoms with E-state index in [2.05, 4.69) is 15.6 Å².